The van der Waals surface area contributed by atoms with Gasteiger partial charge < -0.3 is 19.5 Å². The summed E-state index contributed by atoms with van der Waals surface area (Å²) in [6.07, 6.45) is 4.46. The van der Waals surface area contributed by atoms with Gasteiger partial charge in [0.05, 0.1) is 18.2 Å². The van der Waals surface area contributed by atoms with E-state index >= 15 is 0 Å². The lowest BCUT2D eigenvalue weighted by Gasteiger charge is -2.32. The molecule has 4 heterocycles. The SMILES string of the molecule is COC(=O)c1cccc(-c2cc(NC(=O)N3CCC(n4c(=O)[nH]c5ncccc54)CC3)c(=O)n(C)c2)c1. The number of benzene rings is 1. The molecule has 11 heteroatoms. The molecule has 11 nitrogen and oxygen atoms in total. The van der Waals surface area contributed by atoms with Crippen LogP contribution in [0.25, 0.3) is 22.3 Å². The number of piperidine rings is 1. The van der Waals surface area contributed by atoms with E-state index in [-0.39, 0.29) is 29.0 Å². The standard InChI is InChI=1S/C26H26N6O5/c1-30-15-18(16-5-3-6-17(13-16)24(34)37-2)14-20(23(30)33)28-25(35)31-11-8-19(9-12-31)32-21-7-4-10-27-22(21)29-26(32)36/h3-7,10,13-15,19H,8-9,11-12H2,1-2H3,(H,28,35)(H,27,29,36). The molecule has 4 aromatic rings. The zero-order valence-electron chi connectivity index (χ0n) is 20.4. The minimum atomic E-state index is -0.463. The number of aromatic nitrogens is 4. The summed E-state index contributed by atoms with van der Waals surface area (Å²) in [7, 11) is 2.92. The summed E-state index contributed by atoms with van der Waals surface area (Å²) in [4.78, 5) is 58.9. The zero-order valence-corrected chi connectivity index (χ0v) is 20.4. The summed E-state index contributed by atoms with van der Waals surface area (Å²) in [6, 6.07) is 11.6. The number of nitrogens with one attached hydrogen (secondary N) is 2. The molecule has 190 valence electrons. The number of anilines is 1. The third-order valence-electron chi connectivity index (χ3n) is 6.65. The number of urea groups is 1. The molecule has 0 unspecified atom stereocenters. The molecule has 0 radical (unpaired) electrons. The summed E-state index contributed by atoms with van der Waals surface area (Å²) in [6.45, 7) is 0.855. The van der Waals surface area contributed by atoms with Gasteiger partial charge in [-0.15, -0.1) is 0 Å². The van der Waals surface area contributed by atoms with Gasteiger partial charge in [0.1, 0.15) is 5.69 Å². The van der Waals surface area contributed by atoms with Crippen molar-refractivity contribution in [1.82, 2.24) is 24.0 Å². The fourth-order valence-corrected chi connectivity index (χ4v) is 4.75. The summed E-state index contributed by atoms with van der Waals surface area (Å²) in [5.41, 5.74) is 2.60. The number of H-pyrrole nitrogens is 1. The molecule has 1 fully saturated rings. The first kappa shape index (κ1) is 24.0. The van der Waals surface area contributed by atoms with Crippen LogP contribution >= 0.6 is 0 Å². The van der Waals surface area contributed by atoms with Crippen molar-refractivity contribution in [3.8, 4) is 11.1 Å². The smallest absolute Gasteiger partial charge is 0.337 e. The first-order valence-electron chi connectivity index (χ1n) is 11.9. The monoisotopic (exact) mass is 502 g/mol. The Balaban J connectivity index is 1.32. The molecule has 1 saturated heterocycles. The Kier molecular flexibility index (Phi) is 6.34. The average Bonchev–Trinajstić information content (AvgIpc) is 3.26. The van der Waals surface area contributed by atoms with Crippen LogP contribution in [0.2, 0.25) is 0 Å². The number of pyridine rings is 2. The van der Waals surface area contributed by atoms with Crippen LogP contribution in [0, 0.1) is 0 Å². The number of likely N-dealkylation sites (tertiary alicyclic amines) is 1. The number of esters is 1. The van der Waals surface area contributed by atoms with Crippen molar-refractivity contribution < 1.29 is 14.3 Å². The van der Waals surface area contributed by atoms with E-state index < -0.39 is 5.97 Å². The molecule has 5 rings (SSSR count). The Hall–Kier alpha value is -4.67. The lowest BCUT2D eigenvalue weighted by atomic mass is 10.0. The maximum absolute atomic E-state index is 13.1. The highest BCUT2D eigenvalue weighted by atomic mass is 16.5. The number of fused-ring (bicyclic) bond motifs is 1. The number of hydrogen-bond donors (Lipinski definition) is 2. The molecule has 1 aromatic carbocycles. The summed E-state index contributed by atoms with van der Waals surface area (Å²) >= 11 is 0. The van der Waals surface area contributed by atoms with Crippen LogP contribution in [0.15, 0.2) is 64.4 Å². The predicted octanol–water partition coefficient (Wildman–Crippen LogP) is 2.75. The van der Waals surface area contributed by atoms with E-state index in [4.69, 9.17) is 4.74 Å². The number of nitrogens with zero attached hydrogens (tertiary/aromatic N) is 4. The van der Waals surface area contributed by atoms with E-state index in [0.29, 0.717) is 48.3 Å². The molecule has 0 saturated carbocycles. The van der Waals surface area contributed by atoms with E-state index in [1.165, 1.54) is 11.7 Å². The van der Waals surface area contributed by atoms with Crippen LogP contribution in [-0.4, -0.2) is 56.2 Å². The van der Waals surface area contributed by atoms with Crippen LogP contribution in [-0.2, 0) is 11.8 Å². The first-order valence-corrected chi connectivity index (χ1v) is 11.9. The maximum Gasteiger partial charge on any atom is 0.337 e. The number of carbonyl (C=O) groups excluding carboxylic acids is 2. The number of imidazole rings is 1. The Morgan fingerprint density at radius 2 is 1.86 bits per heavy atom. The number of hydrogen-bond acceptors (Lipinski definition) is 6. The molecule has 1 aliphatic rings. The normalized spacial score (nSPS) is 14.1. The second kappa shape index (κ2) is 9.76. The van der Waals surface area contributed by atoms with Crippen LogP contribution < -0.4 is 16.6 Å². The van der Waals surface area contributed by atoms with Crippen molar-refractivity contribution >= 4 is 28.9 Å². The Bertz CT molecular complexity index is 1610. The van der Waals surface area contributed by atoms with Crippen LogP contribution in [0.4, 0.5) is 10.5 Å². The van der Waals surface area contributed by atoms with Gasteiger partial charge in [-0.1, -0.05) is 12.1 Å². The highest BCUT2D eigenvalue weighted by Gasteiger charge is 2.27. The van der Waals surface area contributed by atoms with E-state index in [2.05, 4.69) is 15.3 Å². The van der Waals surface area contributed by atoms with Crippen LogP contribution in [0.3, 0.4) is 0 Å². The number of aromatic amines is 1. The van der Waals surface area contributed by atoms with E-state index in [1.54, 1.807) is 59.2 Å². The molecular formula is C26H26N6O5. The zero-order chi connectivity index (χ0) is 26.1. The minimum absolute atomic E-state index is 0.0622. The van der Waals surface area contributed by atoms with Crippen molar-refractivity contribution in [1.29, 1.82) is 0 Å². The lowest BCUT2D eigenvalue weighted by molar-refractivity contribution is 0.0600. The molecule has 37 heavy (non-hydrogen) atoms. The number of rotatable bonds is 4. The van der Waals surface area contributed by atoms with Crippen molar-refractivity contribution in [2.45, 2.75) is 18.9 Å². The van der Waals surface area contributed by atoms with Gasteiger partial charge in [-0.05, 0) is 48.7 Å². The summed E-state index contributed by atoms with van der Waals surface area (Å²) in [5.74, 6) is -0.463. The summed E-state index contributed by atoms with van der Waals surface area (Å²) < 4.78 is 7.89. The van der Waals surface area contributed by atoms with Crippen molar-refractivity contribution in [2.24, 2.45) is 7.05 Å². The van der Waals surface area contributed by atoms with E-state index in [9.17, 15) is 19.2 Å². The van der Waals surface area contributed by atoms with Gasteiger partial charge in [0.25, 0.3) is 5.56 Å². The van der Waals surface area contributed by atoms with Gasteiger partial charge in [-0.3, -0.25) is 14.3 Å². The molecule has 0 atom stereocenters. The molecule has 3 aromatic heterocycles. The van der Waals surface area contributed by atoms with E-state index in [1.807, 2.05) is 12.1 Å². The molecule has 0 aliphatic carbocycles. The quantitative estimate of drug-likeness (QED) is 0.413. The molecule has 1 aliphatic heterocycles. The Labute approximate surface area is 211 Å². The van der Waals surface area contributed by atoms with Gasteiger partial charge >= 0.3 is 17.7 Å². The van der Waals surface area contributed by atoms with Gasteiger partial charge in [0, 0.05) is 44.1 Å². The fraction of sp³-hybridized carbons (Fsp3) is 0.269. The third-order valence-corrected chi connectivity index (χ3v) is 6.65. The van der Waals surface area contributed by atoms with Gasteiger partial charge in [-0.2, -0.15) is 0 Å². The highest BCUT2D eigenvalue weighted by Crippen LogP contribution is 2.26. The highest BCUT2D eigenvalue weighted by molar-refractivity contribution is 5.92. The average molecular weight is 503 g/mol. The third kappa shape index (κ3) is 4.63. The Morgan fingerprint density at radius 1 is 1.08 bits per heavy atom. The second-order valence-electron chi connectivity index (χ2n) is 8.95. The van der Waals surface area contributed by atoms with Crippen molar-refractivity contribution in [3.63, 3.8) is 0 Å². The predicted molar refractivity (Wildman–Crippen MR) is 138 cm³/mol. The largest absolute Gasteiger partial charge is 0.465 e. The van der Waals surface area contributed by atoms with Crippen molar-refractivity contribution in [2.75, 3.05) is 25.5 Å². The molecule has 2 amide bonds. The molecule has 0 spiro atoms. The number of aryl methyl sites for hydroxylation is 1. The van der Waals surface area contributed by atoms with Gasteiger partial charge in [0.15, 0.2) is 5.65 Å². The summed E-state index contributed by atoms with van der Waals surface area (Å²) in [5, 5.41) is 2.75. The maximum atomic E-state index is 13.1. The number of carbonyl (C=O) groups is 2. The van der Waals surface area contributed by atoms with Crippen LogP contribution in [0.5, 0.6) is 0 Å². The fourth-order valence-electron chi connectivity index (χ4n) is 4.75. The van der Waals surface area contributed by atoms with E-state index in [0.717, 1.165) is 5.52 Å². The number of amides is 2. The number of ether oxygens (including phenoxy) is 1. The first-order chi connectivity index (χ1) is 17.9. The molecular weight excluding hydrogens is 476 g/mol. The van der Waals surface area contributed by atoms with Gasteiger partial charge in [0.2, 0.25) is 0 Å². The molecule has 2 N–H and O–H groups in total. The van der Waals surface area contributed by atoms with Crippen LogP contribution in [0.1, 0.15) is 29.2 Å². The topological polar surface area (TPSA) is 131 Å². The number of methoxy groups -OCH3 is 1. The minimum Gasteiger partial charge on any atom is -0.465 e. The van der Waals surface area contributed by atoms with Gasteiger partial charge in [-0.25, -0.2) is 19.4 Å². The Morgan fingerprint density at radius 3 is 2.62 bits per heavy atom. The lowest BCUT2D eigenvalue weighted by Crippen LogP contribution is -2.43. The van der Waals surface area contributed by atoms with Crippen molar-refractivity contribution in [3.05, 3.63) is 81.3 Å². The second-order valence-corrected chi connectivity index (χ2v) is 8.95. The molecule has 0 bridgehead atoms.